The van der Waals surface area contributed by atoms with Crippen LogP contribution < -0.4 is 5.32 Å². The molecule has 5 heteroatoms. The minimum atomic E-state index is -0.552. The molecule has 1 aliphatic heterocycles. The molecular weight excluding hydrogens is 291 g/mol. The number of nitrogens with one attached hydrogen (secondary N) is 1. The van der Waals surface area contributed by atoms with E-state index in [0.717, 1.165) is 31.7 Å². The Morgan fingerprint density at radius 1 is 1.24 bits per heavy atom. The lowest BCUT2D eigenvalue weighted by atomic mass is 9.89. The highest BCUT2D eigenvalue weighted by molar-refractivity contribution is 6.32. The van der Waals surface area contributed by atoms with Gasteiger partial charge in [-0.05, 0) is 24.8 Å². The zero-order valence-electron chi connectivity index (χ0n) is 12.1. The van der Waals surface area contributed by atoms with Crippen molar-refractivity contribution in [1.82, 2.24) is 10.2 Å². The van der Waals surface area contributed by atoms with Crippen molar-refractivity contribution in [2.24, 2.45) is 5.92 Å². The van der Waals surface area contributed by atoms with Crippen molar-refractivity contribution in [2.75, 3.05) is 26.2 Å². The minimum absolute atomic E-state index is 0.0768. The van der Waals surface area contributed by atoms with Crippen molar-refractivity contribution in [2.45, 2.75) is 31.7 Å². The van der Waals surface area contributed by atoms with Gasteiger partial charge in [-0.25, -0.2) is 4.39 Å². The van der Waals surface area contributed by atoms with E-state index in [1.807, 2.05) is 0 Å². The monoisotopic (exact) mass is 312 g/mol. The molecule has 1 heterocycles. The molecule has 1 saturated heterocycles. The number of phenolic OH excluding ortho intramolecular Hbond substituents is 1. The standard InChI is InChI=1S/C16H22ClFN2O/c17-14-13(18)6-5-12(16(14)21)15(11-3-1-2-4-11)20-9-7-19-8-10-20/h5-6,11,15,19,21H,1-4,7-10H2/t15-/m1/s1. The van der Waals surface area contributed by atoms with Gasteiger partial charge in [-0.15, -0.1) is 0 Å². The molecule has 0 unspecified atom stereocenters. The molecule has 3 rings (SSSR count). The van der Waals surface area contributed by atoms with Crippen LogP contribution in [0.15, 0.2) is 12.1 Å². The van der Waals surface area contributed by atoms with Crippen LogP contribution in [-0.4, -0.2) is 36.2 Å². The Kier molecular flexibility index (Phi) is 4.67. The highest BCUT2D eigenvalue weighted by atomic mass is 35.5. The smallest absolute Gasteiger partial charge is 0.145 e. The van der Waals surface area contributed by atoms with Crippen LogP contribution in [0.3, 0.4) is 0 Å². The first-order valence-electron chi connectivity index (χ1n) is 7.80. The molecule has 1 aliphatic carbocycles. The van der Waals surface area contributed by atoms with Gasteiger partial charge in [0.15, 0.2) is 0 Å². The predicted molar refractivity (Wildman–Crippen MR) is 82.2 cm³/mol. The van der Waals surface area contributed by atoms with Crippen LogP contribution in [0.5, 0.6) is 5.75 Å². The van der Waals surface area contributed by atoms with E-state index in [1.54, 1.807) is 6.07 Å². The molecule has 0 amide bonds. The van der Waals surface area contributed by atoms with E-state index < -0.39 is 5.82 Å². The first-order valence-corrected chi connectivity index (χ1v) is 8.18. The van der Waals surface area contributed by atoms with Crippen molar-refractivity contribution < 1.29 is 9.50 Å². The van der Waals surface area contributed by atoms with E-state index in [1.165, 1.54) is 31.7 Å². The summed E-state index contributed by atoms with van der Waals surface area (Å²) in [5.74, 6) is -0.106. The molecule has 1 saturated carbocycles. The maximum Gasteiger partial charge on any atom is 0.145 e. The highest BCUT2D eigenvalue weighted by Crippen LogP contribution is 2.44. The van der Waals surface area contributed by atoms with Crippen LogP contribution in [0.1, 0.15) is 37.3 Å². The molecular formula is C16H22ClFN2O. The number of hydrogen-bond acceptors (Lipinski definition) is 3. The van der Waals surface area contributed by atoms with Gasteiger partial charge in [0, 0.05) is 37.8 Å². The number of aromatic hydroxyl groups is 1. The highest BCUT2D eigenvalue weighted by Gasteiger charge is 2.34. The van der Waals surface area contributed by atoms with E-state index in [0.29, 0.717) is 5.92 Å². The molecule has 2 fully saturated rings. The Morgan fingerprint density at radius 2 is 1.90 bits per heavy atom. The summed E-state index contributed by atoms with van der Waals surface area (Å²) >= 11 is 5.92. The van der Waals surface area contributed by atoms with E-state index in [-0.39, 0.29) is 16.8 Å². The number of halogens is 2. The fraction of sp³-hybridized carbons (Fsp3) is 0.625. The number of hydrogen-bond donors (Lipinski definition) is 2. The van der Waals surface area contributed by atoms with Gasteiger partial charge < -0.3 is 10.4 Å². The van der Waals surface area contributed by atoms with Gasteiger partial charge >= 0.3 is 0 Å². The van der Waals surface area contributed by atoms with Crippen molar-refractivity contribution in [1.29, 1.82) is 0 Å². The molecule has 116 valence electrons. The average Bonchev–Trinajstić information content (AvgIpc) is 3.03. The van der Waals surface area contributed by atoms with Crippen molar-refractivity contribution >= 4 is 11.6 Å². The molecule has 2 N–H and O–H groups in total. The Bertz CT molecular complexity index is 499. The van der Waals surface area contributed by atoms with Crippen LogP contribution >= 0.6 is 11.6 Å². The second-order valence-corrected chi connectivity index (χ2v) is 6.45. The predicted octanol–water partition coefficient (Wildman–Crippen LogP) is 3.32. The zero-order chi connectivity index (χ0) is 14.8. The topological polar surface area (TPSA) is 35.5 Å². The van der Waals surface area contributed by atoms with Gasteiger partial charge in [0.1, 0.15) is 16.6 Å². The molecule has 1 aromatic carbocycles. The quantitative estimate of drug-likeness (QED) is 0.898. The van der Waals surface area contributed by atoms with E-state index in [9.17, 15) is 9.50 Å². The average molecular weight is 313 g/mol. The van der Waals surface area contributed by atoms with Gasteiger partial charge in [0.05, 0.1) is 0 Å². The maximum absolute atomic E-state index is 13.5. The summed E-state index contributed by atoms with van der Waals surface area (Å²) in [6.45, 7) is 3.82. The lowest BCUT2D eigenvalue weighted by Gasteiger charge is -2.39. The van der Waals surface area contributed by atoms with Gasteiger partial charge in [-0.3, -0.25) is 4.90 Å². The molecule has 0 aromatic heterocycles. The Labute approximate surface area is 130 Å². The van der Waals surface area contributed by atoms with Gasteiger partial charge in [0.2, 0.25) is 0 Å². The molecule has 0 spiro atoms. The molecule has 3 nitrogen and oxygen atoms in total. The van der Waals surface area contributed by atoms with E-state index in [4.69, 9.17) is 11.6 Å². The maximum atomic E-state index is 13.5. The minimum Gasteiger partial charge on any atom is -0.506 e. The van der Waals surface area contributed by atoms with Gasteiger partial charge in [-0.1, -0.05) is 30.5 Å². The number of benzene rings is 1. The van der Waals surface area contributed by atoms with Crippen molar-refractivity contribution in [3.63, 3.8) is 0 Å². The lowest BCUT2D eigenvalue weighted by molar-refractivity contribution is 0.123. The molecule has 21 heavy (non-hydrogen) atoms. The van der Waals surface area contributed by atoms with Gasteiger partial charge in [0.25, 0.3) is 0 Å². The molecule has 0 radical (unpaired) electrons. The third-order valence-electron chi connectivity index (χ3n) is 4.81. The number of piperazine rings is 1. The summed E-state index contributed by atoms with van der Waals surface area (Å²) in [7, 11) is 0. The fourth-order valence-electron chi connectivity index (χ4n) is 3.78. The zero-order valence-corrected chi connectivity index (χ0v) is 12.9. The van der Waals surface area contributed by atoms with Crippen LogP contribution in [0.2, 0.25) is 5.02 Å². The molecule has 1 atom stereocenters. The lowest BCUT2D eigenvalue weighted by Crippen LogP contribution is -2.46. The van der Waals surface area contributed by atoms with Crippen LogP contribution in [0.25, 0.3) is 0 Å². The molecule has 1 aromatic rings. The third kappa shape index (κ3) is 3.03. The SMILES string of the molecule is Oc1c([C@@H](C2CCCC2)N2CCNCC2)ccc(F)c1Cl. The van der Waals surface area contributed by atoms with Crippen molar-refractivity contribution in [3.05, 3.63) is 28.5 Å². The Balaban J connectivity index is 1.96. The van der Waals surface area contributed by atoms with E-state index >= 15 is 0 Å². The summed E-state index contributed by atoms with van der Waals surface area (Å²) in [4.78, 5) is 2.41. The molecule has 0 bridgehead atoms. The Morgan fingerprint density at radius 3 is 2.57 bits per heavy atom. The van der Waals surface area contributed by atoms with Gasteiger partial charge in [-0.2, -0.15) is 0 Å². The second kappa shape index (κ2) is 6.51. The van der Waals surface area contributed by atoms with E-state index in [2.05, 4.69) is 10.2 Å². The summed E-state index contributed by atoms with van der Waals surface area (Å²) in [5.41, 5.74) is 0.787. The number of rotatable bonds is 3. The summed E-state index contributed by atoms with van der Waals surface area (Å²) in [5, 5.41) is 13.5. The third-order valence-corrected chi connectivity index (χ3v) is 5.17. The number of phenols is 1. The van der Waals surface area contributed by atoms with Crippen molar-refractivity contribution in [3.8, 4) is 5.75 Å². The normalized spacial score (nSPS) is 22.6. The summed E-state index contributed by atoms with van der Waals surface area (Å²) in [6, 6.07) is 3.23. The first kappa shape index (κ1) is 15.1. The summed E-state index contributed by atoms with van der Waals surface area (Å²) in [6.07, 6.45) is 4.82. The summed E-state index contributed by atoms with van der Waals surface area (Å²) < 4.78 is 13.5. The number of nitrogens with zero attached hydrogens (tertiary/aromatic N) is 1. The largest absolute Gasteiger partial charge is 0.506 e. The van der Waals surface area contributed by atoms with Crippen LogP contribution in [-0.2, 0) is 0 Å². The molecule has 2 aliphatic rings. The second-order valence-electron chi connectivity index (χ2n) is 6.07. The Hall–Kier alpha value is -0.840. The van der Waals surface area contributed by atoms with Crippen LogP contribution in [0.4, 0.5) is 4.39 Å². The van der Waals surface area contributed by atoms with Crippen LogP contribution in [0, 0.1) is 11.7 Å². The first-order chi connectivity index (χ1) is 10.2. The fourth-order valence-corrected chi connectivity index (χ4v) is 3.95.